The first kappa shape index (κ1) is 16.0. The van der Waals surface area contributed by atoms with E-state index in [1.54, 1.807) is 6.26 Å². The van der Waals surface area contributed by atoms with E-state index in [4.69, 9.17) is 10.2 Å². The van der Waals surface area contributed by atoms with Crippen molar-refractivity contribution in [2.45, 2.75) is 19.9 Å². The summed E-state index contributed by atoms with van der Waals surface area (Å²) in [6.07, 6.45) is 2.96. The smallest absolute Gasteiger partial charge is 0.226 e. The van der Waals surface area contributed by atoms with Gasteiger partial charge in [0.2, 0.25) is 5.89 Å². The zero-order chi connectivity index (χ0) is 13.9. The predicted octanol–water partition coefficient (Wildman–Crippen LogP) is 2.85. The van der Waals surface area contributed by atoms with Gasteiger partial charge in [0.25, 0.3) is 0 Å². The number of halogens is 1. The SMILES string of the molecule is Cc1ccc(-c2nc(CN3CCC(CN)C3)co2)cc1.Cl. The van der Waals surface area contributed by atoms with Crippen molar-refractivity contribution in [2.24, 2.45) is 11.7 Å². The van der Waals surface area contributed by atoms with Gasteiger partial charge < -0.3 is 10.2 Å². The van der Waals surface area contributed by atoms with E-state index in [-0.39, 0.29) is 12.4 Å². The van der Waals surface area contributed by atoms with Gasteiger partial charge in [0, 0.05) is 18.7 Å². The van der Waals surface area contributed by atoms with Gasteiger partial charge in [0.1, 0.15) is 6.26 Å². The van der Waals surface area contributed by atoms with Crippen molar-refractivity contribution >= 4 is 12.4 Å². The van der Waals surface area contributed by atoms with Crippen LogP contribution in [0.25, 0.3) is 11.5 Å². The van der Waals surface area contributed by atoms with Gasteiger partial charge in [0.05, 0.1) is 5.69 Å². The molecule has 21 heavy (non-hydrogen) atoms. The van der Waals surface area contributed by atoms with Gasteiger partial charge in [-0.2, -0.15) is 0 Å². The average molecular weight is 308 g/mol. The highest BCUT2D eigenvalue weighted by Gasteiger charge is 2.22. The van der Waals surface area contributed by atoms with Crippen molar-refractivity contribution in [1.82, 2.24) is 9.88 Å². The van der Waals surface area contributed by atoms with Gasteiger partial charge in [-0.3, -0.25) is 4.90 Å². The Hall–Kier alpha value is -1.36. The summed E-state index contributed by atoms with van der Waals surface area (Å²) < 4.78 is 5.59. The van der Waals surface area contributed by atoms with Crippen LogP contribution in [0.1, 0.15) is 17.7 Å². The minimum atomic E-state index is 0. The first-order valence-corrected chi connectivity index (χ1v) is 7.18. The Morgan fingerprint density at radius 2 is 2.10 bits per heavy atom. The lowest BCUT2D eigenvalue weighted by atomic mass is 10.1. The second-order valence-electron chi connectivity index (χ2n) is 5.64. The lowest BCUT2D eigenvalue weighted by Gasteiger charge is -2.13. The molecule has 0 spiro atoms. The molecule has 2 aromatic rings. The molecule has 1 unspecified atom stereocenters. The number of aromatic nitrogens is 1. The van der Waals surface area contributed by atoms with Crippen LogP contribution in [0.5, 0.6) is 0 Å². The first-order chi connectivity index (χ1) is 9.74. The van der Waals surface area contributed by atoms with E-state index in [1.807, 2.05) is 12.1 Å². The number of likely N-dealkylation sites (tertiary alicyclic amines) is 1. The van der Waals surface area contributed by atoms with Crippen LogP contribution in [-0.2, 0) is 6.54 Å². The highest BCUT2D eigenvalue weighted by molar-refractivity contribution is 5.85. The summed E-state index contributed by atoms with van der Waals surface area (Å²) in [7, 11) is 0. The highest BCUT2D eigenvalue weighted by atomic mass is 35.5. The molecule has 0 radical (unpaired) electrons. The Kier molecular flexibility index (Phi) is 5.39. The minimum Gasteiger partial charge on any atom is -0.444 e. The van der Waals surface area contributed by atoms with Crippen LogP contribution in [0.2, 0.25) is 0 Å². The number of aryl methyl sites for hydroxylation is 1. The van der Waals surface area contributed by atoms with Crippen molar-refractivity contribution in [3.05, 3.63) is 41.8 Å². The van der Waals surface area contributed by atoms with E-state index in [0.29, 0.717) is 11.8 Å². The quantitative estimate of drug-likeness (QED) is 0.943. The number of hydrogen-bond acceptors (Lipinski definition) is 4. The molecule has 1 atom stereocenters. The fraction of sp³-hybridized carbons (Fsp3) is 0.438. The van der Waals surface area contributed by atoms with E-state index >= 15 is 0 Å². The molecule has 1 aromatic heterocycles. The molecule has 2 N–H and O–H groups in total. The van der Waals surface area contributed by atoms with E-state index < -0.39 is 0 Å². The molecule has 1 aromatic carbocycles. The lowest BCUT2D eigenvalue weighted by molar-refractivity contribution is 0.313. The summed E-state index contributed by atoms with van der Waals surface area (Å²) in [5, 5.41) is 0. The van der Waals surface area contributed by atoms with Crippen LogP contribution in [0, 0.1) is 12.8 Å². The standard InChI is InChI=1S/C16H21N3O.ClH/c1-12-2-4-14(5-3-12)16-18-15(11-20-16)10-19-7-6-13(8-17)9-19;/h2-5,11,13H,6-10,17H2,1H3;1H. The van der Waals surface area contributed by atoms with Crippen molar-refractivity contribution in [3.8, 4) is 11.5 Å². The Bertz CT molecular complexity index is 567. The third kappa shape index (κ3) is 3.84. The molecule has 1 aliphatic rings. The van der Waals surface area contributed by atoms with Crippen LogP contribution < -0.4 is 5.73 Å². The fourth-order valence-corrected chi connectivity index (χ4v) is 2.69. The van der Waals surface area contributed by atoms with Gasteiger partial charge in [-0.1, -0.05) is 17.7 Å². The summed E-state index contributed by atoms with van der Waals surface area (Å²) in [6.45, 7) is 5.89. The van der Waals surface area contributed by atoms with Crippen molar-refractivity contribution in [2.75, 3.05) is 19.6 Å². The van der Waals surface area contributed by atoms with Crippen molar-refractivity contribution in [3.63, 3.8) is 0 Å². The maximum atomic E-state index is 5.72. The number of rotatable bonds is 4. The largest absolute Gasteiger partial charge is 0.444 e. The molecular formula is C16H22ClN3O. The molecule has 1 saturated heterocycles. The Balaban J connectivity index is 0.00000161. The number of nitrogens with zero attached hydrogens (tertiary/aromatic N) is 2. The zero-order valence-electron chi connectivity index (χ0n) is 12.3. The second-order valence-corrected chi connectivity index (χ2v) is 5.64. The number of nitrogens with two attached hydrogens (primary N) is 1. The Labute approximate surface area is 131 Å². The maximum absolute atomic E-state index is 5.72. The molecular weight excluding hydrogens is 286 g/mol. The molecule has 0 bridgehead atoms. The monoisotopic (exact) mass is 307 g/mol. The fourth-order valence-electron chi connectivity index (χ4n) is 2.69. The van der Waals surface area contributed by atoms with Crippen LogP contribution in [-0.4, -0.2) is 29.5 Å². The molecule has 1 aliphatic heterocycles. The average Bonchev–Trinajstić information content (AvgIpc) is 3.09. The second kappa shape index (κ2) is 7.07. The van der Waals surface area contributed by atoms with Gasteiger partial charge in [0.15, 0.2) is 0 Å². The molecule has 0 amide bonds. The molecule has 5 heteroatoms. The number of hydrogen-bond donors (Lipinski definition) is 1. The van der Waals surface area contributed by atoms with E-state index in [9.17, 15) is 0 Å². The molecule has 1 fully saturated rings. The van der Waals surface area contributed by atoms with E-state index in [2.05, 4.69) is 28.9 Å². The predicted molar refractivity (Wildman–Crippen MR) is 86.4 cm³/mol. The van der Waals surface area contributed by atoms with E-state index in [1.165, 1.54) is 12.0 Å². The van der Waals surface area contributed by atoms with Gasteiger partial charge in [-0.15, -0.1) is 12.4 Å². The van der Waals surface area contributed by atoms with Gasteiger partial charge in [-0.25, -0.2) is 4.98 Å². The molecule has 0 saturated carbocycles. The van der Waals surface area contributed by atoms with Gasteiger partial charge in [-0.05, 0) is 44.5 Å². The van der Waals surface area contributed by atoms with Crippen LogP contribution in [0.15, 0.2) is 34.9 Å². The van der Waals surface area contributed by atoms with Crippen LogP contribution in [0.3, 0.4) is 0 Å². The summed E-state index contributed by atoms with van der Waals surface area (Å²) in [4.78, 5) is 6.98. The summed E-state index contributed by atoms with van der Waals surface area (Å²) in [5.41, 5.74) is 8.99. The molecule has 2 heterocycles. The summed E-state index contributed by atoms with van der Waals surface area (Å²) >= 11 is 0. The zero-order valence-corrected chi connectivity index (χ0v) is 13.1. The topological polar surface area (TPSA) is 55.3 Å². The number of benzene rings is 1. The van der Waals surface area contributed by atoms with Crippen molar-refractivity contribution in [1.29, 1.82) is 0 Å². The first-order valence-electron chi connectivity index (χ1n) is 7.18. The summed E-state index contributed by atoms with van der Waals surface area (Å²) in [5.74, 6) is 1.34. The third-order valence-electron chi connectivity index (χ3n) is 3.94. The van der Waals surface area contributed by atoms with Crippen LogP contribution >= 0.6 is 12.4 Å². The Morgan fingerprint density at radius 3 is 2.76 bits per heavy atom. The van der Waals surface area contributed by atoms with Crippen molar-refractivity contribution < 1.29 is 4.42 Å². The normalized spacial score (nSPS) is 18.7. The molecule has 4 nitrogen and oxygen atoms in total. The lowest BCUT2D eigenvalue weighted by Crippen LogP contribution is -2.22. The minimum absolute atomic E-state index is 0. The summed E-state index contributed by atoms with van der Waals surface area (Å²) in [6, 6.07) is 8.24. The third-order valence-corrected chi connectivity index (χ3v) is 3.94. The maximum Gasteiger partial charge on any atom is 0.226 e. The van der Waals surface area contributed by atoms with E-state index in [0.717, 1.165) is 37.4 Å². The molecule has 0 aliphatic carbocycles. The van der Waals surface area contributed by atoms with Crippen LogP contribution in [0.4, 0.5) is 0 Å². The number of oxazole rings is 1. The highest BCUT2D eigenvalue weighted by Crippen LogP contribution is 2.21. The molecule has 3 rings (SSSR count). The molecule has 114 valence electrons. The Morgan fingerprint density at radius 1 is 1.33 bits per heavy atom. The van der Waals surface area contributed by atoms with Gasteiger partial charge >= 0.3 is 0 Å².